The summed E-state index contributed by atoms with van der Waals surface area (Å²) in [5.41, 5.74) is 0.609. The maximum atomic E-state index is 12.0. The molecular weight excluding hydrogens is 320 g/mol. The normalized spacial score (nSPS) is 10.9. The summed E-state index contributed by atoms with van der Waals surface area (Å²) < 4.78 is 6.23. The molecule has 0 radical (unpaired) electrons. The van der Waals surface area contributed by atoms with Crippen LogP contribution in [0.3, 0.4) is 0 Å². The minimum absolute atomic E-state index is 0.0118. The number of nitriles is 1. The van der Waals surface area contributed by atoms with E-state index in [-0.39, 0.29) is 5.57 Å². The third kappa shape index (κ3) is 3.59. The van der Waals surface area contributed by atoms with Gasteiger partial charge in [0.15, 0.2) is 0 Å². The lowest BCUT2D eigenvalue weighted by molar-refractivity contribution is -0.112. The van der Waals surface area contributed by atoms with E-state index in [1.54, 1.807) is 43.3 Å². The fraction of sp³-hybridized carbons (Fsp3) is 0.0667. The summed E-state index contributed by atoms with van der Waals surface area (Å²) in [6, 6.07) is 12.5. The molecule has 0 bridgehead atoms. The summed E-state index contributed by atoms with van der Waals surface area (Å²) in [6.45, 7) is 1.80. The molecule has 0 spiro atoms. The lowest BCUT2D eigenvalue weighted by Crippen LogP contribution is -2.13. The number of carbonyl (C=O) groups is 1. The van der Waals surface area contributed by atoms with Crippen LogP contribution in [-0.4, -0.2) is 5.91 Å². The molecule has 0 saturated heterocycles. The van der Waals surface area contributed by atoms with Gasteiger partial charge in [-0.1, -0.05) is 15.9 Å². The summed E-state index contributed by atoms with van der Waals surface area (Å²) in [7, 11) is 0. The third-order valence-electron chi connectivity index (χ3n) is 2.51. The lowest BCUT2D eigenvalue weighted by Gasteiger charge is -2.03. The van der Waals surface area contributed by atoms with Crippen molar-refractivity contribution in [2.24, 2.45) is 0 Å². The number of furan rings is 1. The third-order valence-corrected chi connectivity index (χ3v) is 3.04. The molecule has 0 aliphatic heterocycles. The van der Waals surface area contributed by atoms with Crippen molar-refractivity contribution in [3.63, 3.8) is 0 Å². The lowest BCUT2D eigenvalue weighted by atomic mass is 10.2. The number of halogens is 1. The summed E-state index contributed by atoms with van der Waals surface area (Å²) in [4.78, 5) is 12.0. The maximum absolute atomic E-state index is 12.0. The van der Waals surface area contributed by atoms with Crippen LogP contribution < -0.4 is 5.32 Å². The highest BCUT2D eigenvalue weighted by molar-refractivity contribution is 9.10. The Morgan fingerprint density at radius 3 is 2.55 bits per heavy atom. The SMILES string of the molecule is Cc1ccc(/C=C(\C#N)C(=O)Nc2ccc(Br)cc2)o1. The molecule has 2 rings (SSSR count). The monoisotopic (exact) mass is 330 g/mol. The van der Waals surface area contributed by atoms with Crippen molar-refractivity contribution >= 4 is 33.6 Å². The van der Waals surface area contributed by atoms with Gasteiger partial charge in [0.2, 0.25) is 0 Å². The van der Waals surface area contributed by atoms with Crippen LogP contribution in [0.1, 0.15) is 11.5 Å². The topological polar surface area (TPSA) is 66.0 Å². The first-order valence-corrected chi connectivity index (χ1v) is 6.63. The fourth-order valence-corrected chi connectivity index (χ4v) is 1.82. The minimum atomic E-state index is -0.469. The van der Waals surface area contributed by atoms with Gasteiger partial charge in [-0.15, -0.1) is 0 Å². The molecule has 1 heterocycles. The number of hydrogen-bond donors (Lipinski definition) is 1. The van der Waals surface area contributed by atoms with Gasteiger partial charge in [-0.05, 0) is 43.3 Å². The Morgan fingerprint density at radius 1 is 1.30 bits per heavy atom. The molecule has 1 aromatic carbocycles. The average molecular weight is 331 g/mol. The highest BCUT2D eigenvalue weighted by Gasteiger charge is 2.10. The molecule has 0 aliphatic carbocycles. The van der Waals surface area contributed by atoms with Crippen molar-refractivity contribution in [3.05, 3.63) is 58.0 Å². The number of rotatable bonds is 3. The number of hydrogen-bond acceptors (Lipinski definition) is 3. The molecule has 0 fully saturated rings. The molecule has 0 saturated carbocycles. The van der Waals surface area contributed by atoms with Crippen LogP contribution in [0.25, 0.3) is 6.08 Å². The molecule has 4 nitrogen and oxygen atoms in total. The summed E-state index contributed by atoms with van der Waals surface area (Å²) in [5, 5.41) is 11.7. The Kier molecular flexibility index (Phi) is 4.38. The molecule has 0 aliphatic rings. The second-order valence-corrected chi connectivity index (χ2v) is 4.99. The molecule has 1 amide bonds. The Hall–Kier alpha value is -2.32. The molecule has 0 unspecified atom stereocenters. The van der Waals surface area contributed by atoms with Crippen molar-refractivity contribution in [2.45, 2.75) is 6.92 Å². The van der Waals surface area contributed by atoms with Crippen molar-refractivity contribution in [3.8, 4) is 6.07 Å². The van der Waals surface area contributed by atoms with Crippen molar-refractivity contribution in [2.75, 3.05) is 5.32 Å². The second-order valence-electron chi connectivity index (χ2n) is 4.08. The second kappa shape index (κ2) is 6.22. The predicted molar refractivity (Wildman–Crippen MR) is 79.8 cm³/mol. The zero-order chi connectivity index (χ0) is 14.5. The van der Waals surface area contributed by atoms with Gasteiger partial charge >= 0.3 is 0 Å². The van der Waals surface area contributed by atoms with Crippen molar-refractivity contribution in [1.82, 2.24) is 0 Å². The Labute approximate surface area is 124 Å². The first kappa shape index (κ1) is 14.1. The van der Waals surface area contributed by atoms with E-state index in [2.05, 4.69) is 21.2 Å². The van der Waals surface area contributed by atoms with Crippen LogP contribution in [0.5, 0.6) is 0 Å². The van der Waals surface area contributed by atoms with E-state index in [9.17, 15) is 4.79 Å². The van der Waals surface area contributed by atoms with Gasteiger partial charge in [0.05, 0.1) is 0 Å². The number of nitrogens with one attached hydrogen (secondary N) is 1. The van der Waals surface area contributed by atoms with Gasteiger partial charge in [0, 0.05) is 16.2 Å². The van der Waals surface area contributed by atoms with E-state index < -0.39 is 5.91 Å². The van der Waals surface area contributed by atoms with Gasteiger partial charge in [-0.2, -0.15) is 5.26 Å². The quantitative estimate of drug-likeness (QED) is 0.685. The predicted octanol–water partition coefficient (Wildman–Crippen LogP) is 3.90. The van der Waals surface area contributed by atoms with Crippen LogP contribution in [0, 0.1) is 18.3 Å². The molecular formula is C15H11BrN2O2. The van der Waals surface area contributed by atoms with Crippen LogP contribution in [0.2, 0.25) is 0 Å². The minimum Gasteiger partial charge on any atom is -0.462 e. The van der Waals surface area contributed by atoms with Gasteiger partial charge in [0.25, 0.3) is 5.91 Å². The molecule has 1 aromatic heterocycles. The van der Waals surface area contributed by atoms with E-state index in [0.29, 0.717) is 11.4 Å². The van der Waals surface area contributed by atoms with E-state index in [0.717, 1.165) is 10.2 Å². The van der Waals surface area contributed by atoms with Gasteiger partial charge in [0.1, 0.15) is 23.2 Å². The van der Waals surface area contributed by atoms with Crippen molar-refractivity contribution < 1.29 is 9.21 Å². The van der Waals surface area contributed by atoms with Gasteiger partial charge in [-0.25, -0.2) is 0 Å². The van der Waals surface area contributed by atoms with E-state index in [4.69, 9.17) is 9.68 Å². The summed E-state index contributed by atoms with van der Waals surface area (Å²) in [5.74, 6) is 0.732. The largest absolute Gasteiger partial charge is 0.462 e. The highest BCUT2D eigenvalue weighted by Crippen LogP contribution is 2.16. The molecule has 0 atom stereocenters. The van der Waals surface area contributed by atoms with Crippen LogP contribution in [0.4, 0.5) is 5.69 Å². The number of benzene rings is 1. The van der Waals surface area contributed by atoms with E-state index >= 15 is 0 Å². The van der Waals surface area contributed by atoms with Crippen LogP contribution >= 0.6 is 15.9 Å². The van der Waals surface area contributed by atoms with Crippen LogP contribution in [-0.2, 0) is 4.79 Å². The number of anilines is 1. The molecule has 1 N–H and O–H groups in total. The first-order chi connectivity index (χ1) is 9.58. The average Bonchev–Trinajstić information content (AvgIpc) is 2.84. The number of aryl methyl sites for hydroxylation is 1. The summed E-state index contributed by atoms with van der Waals surface area (Å²) >= 11 is 3.31. The number of amides is 1. The zero-order valence-corrected chi connectivity index (χ0v) is 12.3. The Bertz CT molecular complexity index is 693. The highest BCUT2D eigenvalue weighted by atomic mass is 79.9. The van der Waals surface area contributed by atoms with Gasteiger partial charge in [-0.3, -0.25) is 4.79 Å². The Morgan fingerprint density at radius 2 is 2.00 bits per heavy atom. The first-order valence-electron chi connectivity index (χ1n) is 5.83. The van der Waals surface area contributed by atoms with E-state index in [1.807, 2.05) is 6.07 Å². The zero-order valence-electron chi connectivity index (χ0n) is 10.7. The molecule has 2 aromatic rings. The molecule has 5 heteroatoms. The summed E-state index contributed by atoms with van der Waals surface area (Å²) in [6.07, 6.45) is 1.42. The molecule has 20 heavy (non-hydrogen) atoms. The standard InChI is InChI=1S/C15H11BrN2O2/c1-10-2-7-14(20-10)8-11(9-17)15(19)18-13-5-3-12(16)4-6-13/h2-8H,1H3,(H,18,19)/b11-8+. The van der Waals surface area contributed by atoms with Gasteiger partial charge < -0.3 is 9.73 Å². The smallest absolute Gasteiger partial charge is 0.266 e. The number of carbonyl (C=O) groups excluding carboxylic acids is 1. The number of nitrogens with zero attached hydrogens (tertiary/aromatic N) is 1. The van der Waals surface area contributed by atoms with Crippen molar-refractivity contribution in [1.29, 1.82) is 5.26 Å². The Balaban J connectivity index is 2.16. The van der Waals surface area contributed by atoms with Crippen LogP contribution in [0.15, 0.2) is 50.9 Å². The van der Waals surface area contributed by atoms with E-state index in [1.165, 1.54) is 6.08 Å². The molecule has 100 valence electrons. The maximum Gasteiger partial charge on any atom is 0.266 e. The fourth-order valence-electron chi connectivity index (χ4n) is 1.55.